The van der Waals surface area contributed by atoms with E-state index in [9.17, 15) is 13.6 Å². The fraction of sp³-hybridized carbons (Fsp3) is 0.103. The molecule has 0 aliphatic rings. The van der Waals surface area contributed by atoms with Crippen LogP contribution in [0.1, 0.15) is 39.9 Å². The van der Waals surface area contributed by atoms with Gasteiger partial charge in [0, 0.05) is 38.1 Å². The molecule has 0 unspecified atom stereocenters. The summed E-state index contributed by atoms with van der Waals surface area (Å²) in [7, 11) is 0. The van der Waals surface area contributed by atoms with E-state index in [-0.39, 0.29) is 17.6 Å². The summed E-state index contributed by atoms with van der Waals surface area (Å²) in [6.45, 7) is 2.11. The maximum Gasteiger partial charge on any atom is 0.338 e. The lowest BCUT2D eigenvalue weighted by Gasteiger charge is -2.06. The Kier molecular flexibility index (Phi) is 10.3. The summed E-state index contributed by atoms with van der Waals surface area (Å²) >= 11 is 15.3. The van der Waals surface area contributed by atoms with Crippen LogP contribution in [0.4, 0.5) is 8.78 Å². The van der Waals surface area contributed by atoms with Crippen molar-refractivity contribution in [3.05, 3.63) is 164 Å². The van der Waals surface area contributed by atoms with Crippen molar-refractivity contribution in [2.45, 2.75) is 19.8 Å². The molecule has 0 spiro atoms. The molecule has 0 N–H and O–H groups in total. The van der Waals surface area contributed by atoms with Gasteiger partial charge in [0.05, 0.1) is 12.2 Å². The Morgan fingerprint density at radius 1 is 0.708 bits per heavy atom. The molecule has 0 amide bonds. The Bertz CT molecular complexity index is 2220. The molecule has 9 heteroatoms. The van der Waals surface area contributed by atoms with Crippen molar-refractivity contribution in [3.8, 4) is 11.1 Å². The molecule has 0 atom stereocenters. The van der Waals surface area contributed by atoms with E-state index in [4.69, 9.17) is 36.8 Å². The molecule has 48 heavy (non-hydrogen) atoms. The van der Waals surface area contributed by atoms with Gasteiger partial charge in [-0.3, -0.25) is 0 Å². The minimum Gasteiger partial charge on any atom is -0.462 e. The van der Waals surface area contributed by atoms with Gasteiger partial charge in [0.25, 0.3) is 0 Å². The number of benzene rings is 5. The third-order valence-electron chi connectivity index (χ3n) is 7.46. The average Bonchev–Trinajstić information content (AvgIpc) is 3.64. The molecule has 0 aliphatic carbocycles. The first-order valence-electron chi connectivity index (χ1n) is 15.0. The number of fused-ring (bicyclic) bond motifs is 2. The number of carbonyl (C=O) groups is 1. The molecular formula is C39H27BrCl2F2O4. The van der Waals surface area contributed by atoms with Crippen LogP contribution in [0.25, 0.3) is 33.1 Å². The topological polar surface area (TPSA) is 52.6 Å². The third-order valence-corrected chi connectivity index (χ3v) is 8.59. The van der Waals surface area contributed by atoms with Crippen LogP contribution < -0.4 is 0 Å². The molecule has 0 saturated carbocycles. The Morgan fingerprint density at radius 3 is 1.85 bits per heavy atom. The van der Waals surface area contributed by atoms with Gasteiger partial charge in [-0.15, -0.1) is 0 Å². The zero-order valence-corrected chi connectivity index (χ0v) is 28.6. The molecule has 5 aromatic carbocycles. The van der Waals surface area contributed by atoms with E-state index >= 15 is 0 Å². The molecule has 242 valence electrons. The summed E-state index contributed by atoms with van der Waals surface area (Å²) in [5.74, 6) is 0.427. The lowest BCUT2D eigenvalue weighted by atomic mass is 9.99. The number of esters is 1. The molecule has 4 nitrogen and oxygen atoms in total. The summed E-state index contributed by atoms with van der Waals surface area (Å²) in [5.41, 5.74) is 5.40. The quantitative estimate of drug-likeness (QED) is 0.152. The number of rotatable bonds is 7. The van der Waals surface area contributed by atoms with Crippen LogP contribution in [0, 0.1) is 11.6 Å². The van der Waals surface area contributed by atoms with Crippen molar-refractivity contribution < 1.29 is 27.1 Å². The Balaban J connectivity index is 0.000000182. The second-order valence-electron chi connectivity index (χ2n) is 11.0. The van der Waals surface area contributed by atoms with E-state index in [1.165, 1.54) is 24.3 Å². The Morgan fingerprint density at radius 2 is 1.27 bits per heavy atom. The van der Waals surface area contributed by atoms with E-state index in [0.29, 0.717) is 40.8 Å². The van der Waals surface area contributed by atoms with Crippen LogP contribution >= 0.6 is 39.1 Å². The fourth-order valence-electron chi connectivity index (χ4n) is 5.47. The van der Waals surface area contributed by atoms with Crippen molar-refractivity contribution in [3.63, 3.8) is 0 Å². The van der Waals surface area contributed by atoms with Crippen molar-refractivity contribution >= 4 is 67.0 Å². The van der Waals surface area contributed by atoms with Crippen molar-refractivity contribution in [2.75, 3.05) is 6.61 Å². The maximum atomic E-state index is 13.6. The van der Waals surface area contributed by atoms with Gasteiger partial charge in [0.2, 0.25) is 0 Å². The second-order valence-corrected chi connectivity index (χ2v) is 12.7. The molecular weight excluding hydrogens is 721 g/mol. The van der Waals surface area contributed by atoms with Gasteiger partial charge in [-0.25, -0.2) is 13.6 Å². The molecule has 0 radical (unpaired) electrons. The number of hydrogen-bond donors (Lipinski definition) is 0. The molecule has 2 heterocycles. The maximum absolute atomic E-state index is 13.6. The number of furan rings is 2. The minimum atomic E-state index is -0.375. The lowest BCUT2D eigenvalue weighted by Crippen LogP contribution is -2.04. The predicted octanol–water partition coefficient (Wildman–Crippen LogP) is 12.2. The van der Waals surface area contributed by atoms with Gasteiger partial charge < -0.3 is 13.6 Å². The van der Waals surface area contributed by atoms with E-state index in [0.717, 1.165) is 54.4 Å². The van der Waals surface area contributed by atoms with E-state index in [2.05, 4.69) is 15.9 Å². The van der Waals surface area contributed by atoms with E-state index in [1.807, 2.05) is 66.7 Å². The van der Waals surface area contributed by atoms with Crippen molar-refractivity contribution in [2.24, 2.45) is 0 Å². The molecule has 2 aromatic heterocycles. The highest BCUT2D eigenvalue weighted by Gasteiger charge is 2.14. The van der Waals surface area contributed by atoms with Gasteiger partial charge in [-0.1, -0.05) is 69.5 Å². The highest BCUT2D eigenvalue weighted by atomic mass is 79.9. The normalized spacial score (nSPS) is 11.0. The van der Waals surface area contributed by atoms with Crippen LogP contribution in [-0.2, 0) is 17.6 Å². The molecule has 0 saturated heterocycles. The zero-order valence-electron chi connectivity index (χ0n) is 25.5. The number of ether oxygens (including phenoxy) is 1. The zero-order chi connectivity index (χ0) is 33.8. The van der Waals surface area contributed by atoms with Crippen LogP contribution in [0.5, 0.6) is 0 Å². The third kappa shape index (κ3) is 7.98. The average molecular weight is 748 g/mol. The molecule has 0 aliphatic heterocycles. The molecule has 7 rings (SSSR count). The smallest absolute Gasteiger partial charge is 0.338 e. The first kappa shape index (κ1) is 33.5. The molecule has 0 fully saturated rings. The van der Waals surface area contributed by atoms with Crippen LogP contribution in [-0.4, -0.2) is 12.6 Å². The standard InChI is InChI=1S/C24H18ClFO3.C15H9BrClFO/c1-2-28-24(27)17-6-3-5-16(12-17)21-7-4-8-23-22(21)14-20(29-23)11-15-9-18(25)13-19(26)10-15;16-14-2-1-3-15-13(14)8-12(19-15)6-9-4-10(17)7-11(18)5-9/h3-10,12-14H,2,11H2,1H3;1-5,7-8H,6H2. The molecule has 0 bridgehead atoms. The SMILES string of the molecule is CCOC(=O)c1cccc(-c2cccc3oc(Cc4cc(F)cc(Cl)c4)cc23)c1.Fc1cc(Cl)cc(Cc2cc3c(Br)cccc3o2)c1. The van der Waals surface area contributed by atoms with Crippen molar-refractivity contribution in [1.82, 2.24) is 0 Å². The number of carbonyl (C=O) groups excluding carboxylic acids is 1. The number of hydrogen-bond acceptors (Lipinski definition) is 4. The highest BCUT2D eigenvalue weighted by Crippen LogP contribution is 2.33. The van der Waals surface area contributed by atoms with Gasteiger partial charge in [0.1, 0.15) is 34.3 Å². The van der Waals surface area contributed by atoms with Crippen LogP contribution in [0.3, 0.4) is 0 Å². The largest absolute Gasteiger partial charge is 0.462 e. The van der Waals surface area contributed by atoms with Crippen molar-refractivity contribution in [1.29, 1.82) is 0 Å². The molecule has 7 aromatic rings. The Hall–Kier alpha value is -4.43. The summed E-state index contributed by atoms with van der Waals surface area (Å²) in [6, 6.07) is 31.7. The van der Waals surface area contributed by atoms with E-state index < -0.39 is 0 Å². The predicted molar refractivity (Wildman–Crippen MR) is 190 cm³/mol. The Labute approximate surface area is 294 Å². The van der Waals surface area contributed by atoms with Crippen LogP contribution in [0.2, 0.25) is 10.0 Å². The van der Waals surface area contributed by atoms with Gasteiger partial charge in [-0.05, 0) is 108 Å². The van der Waals surface area contributed by atoms with Gasteiger partial charge >= 0.3 is 5.97 Å². The van der Waals surface area contributed by atoms with Crippen LogP contribution in [0.15, 0.2) is 123 Å². The summed E-state index contributed by atoms with van der Waals surface area (Å²) in [5, 5.41) is 2.69. The van der Waals surface area contributed by atoms with Gasteiger partial charge in [0.15, 0.2) is 0 Å². The second kappa shape index (κ2) is 14.8. The number of halogens is 5. The monoisotopic (exact) mass is 746 g/mol. The summed E-state index contributed by atoms with van der Waals surface area (Å²) < 4.78 is 44.7. The van der Waals surface area contributed by atoms with Gasteiger partial charge in [-0.2, -0.15) is 0 Å². The fourth-order valence-corrected chi connectivity index (χ4v) is 6.43. The lowest BCUT2D eigenvalue weighted by molar-refractivity contribution is 0.0526. The van der Waals surface area contributed by atoms with E-state index in [1.54, 1.807) is 25.1 Å². The first-order chi connectivity index (χ1) is 23.1. The highest BCUT2D eigenvalue weighted by molar-refractivity contribution is 9.10. The first-order valence-corrected chi connectivity index (χ1v) is 16.6. The summed E-state index contributed by atoms with van der Waals surface area (Å²) in [4.78, 5) is 12.1. The summed E-state index contributed by atoms with van der Waals surface area (Å²) in [6.07, 6.45) is 0.938. The minimum absolute atomic E-state index is 0.327.